The van der Waals surface area contributed by atoms with Gasteiger partial charge in [-0.2, -0.15) is 5.26 Å². The average molecular weight is 237 g/mol. The molecule has 0 heterocycles. The first kappa shape index (κ1) is 12.9. The van der Waals surface area contributed by atoms with Crippen LogP contribution in [0, 0.1) is 11.3 Å². The summed E-state index contributed by atoms with van der Waals surface area (Å²) in [5, 5.41) is 9.43. The summed E-state index contributed by atoms with van der Waals surface area (Å²) >= 11 is 6.17. The van der Waals surface area contributed by atoms with E-state index in [0.717, 1.165) is 25.2 Å². The van der Waals surface area contributed by atoms with Crippen LogP contribution in [-0.2, 0) is 0 Å². The van der Waals surface area contributed by atoms with E-state index in [4.69, 9.17) is 16.9 Å². The lowest BCUT2D eigenvalue weighted by Crippen LogP contribution is -2.24. The second-order valence-corrected chi connectivity index (χ2v) is 4.12. The Kier molecular flexibility index (Phi) is 5.14. The van der Waals surface area contributed by atoms with Gasteiger partial charge in [0.05, 0.1) is 22.3 Å². The lowest BCUT2D eigenvalue weighted by Gasteiger charge is -2.24. The van der Waals surface area contributed by atoms with E-state index in [1.165, 1.54) is 6.42 Å². The monoisotopic (exact) mass is 236 g/mol. The summed E-state index contributed by atoms with van der Waals surface area (Å²) in [5.74, 6) is 0. The van der Waals surface area contributed by atoms with Gasteiger partial charge in [-0.25, -0.2) is 0 Å². The van der Waals surface area contributed by atoms with E-state index >= 15 is 0 Å². The van der Waals surface area contributed by atoms with Crippen LogP contribution in [0.4, 0.5) is 5.69 Å². The normalized spacial score (nSPS) is 9.88. The Balaban J connectivity index is 2.89. The highest BCUT2D eigenvalue weighted by atomic mass is 35.5. The van der Waals surface area contributed by atoms with E-state index in [1.54, 1.807) is 6.07 Å². The highest BCUT2D eigenvalue weighted by Gasteiger charge is 2.08. The second kappa shape index (κ2) is 6.40. The van der Waals surface area contributed by atoms with E-state index in [0.29, 0.717) is 10.6 Å². The predicted molar refractivity (Wildman–Crippen MR) is 69.0 cm³/mol. The van der Waals surface area contributed by atoms with Crippen molar-refractivity contribution < 1.29 is 0 Å². The van der Waals surface area contributed by atoms with Crippen molar-refractivity contribution in [3.63, 3.8) is 0 Å². The van der Waals surface area contributed by atoms with Crippen LogP contribution in [0.1, 0.15) is 32.3 Å². The molecule has 0 spiro atoms. The molecule has 0 amide bonds. The van der Waals surface area contributed by atoms with E-state index in [2.05, 4.69) is 24.8 Å². The van der Waals surface area contributed by atoms with Crippen molar-refractivity contribution in [2.75, 3.05) is 18.0 Å². The van der Waals surface area contributed by atoms with Gasteiger partial charge in [0, 0.05) is 13.1 Å². The van der Waals surface area contributed by atoms with Crippen LogP contribution >= 0.6 is 11.6 Å². The van der Waals surface area contributed by atoms with Crippen LogP contribution in [0.5, 0.6) is 0 Å². The molecule has 0 aliphatic carbocycles. The topological polar surface area (TPSA) is 27.0 Å². The van der Waals surface area contributed by atoms with Gasteiger partial charge in [-0.15, -0.1) is 0 Å². The minimum absolute atomic E-state index is 0.611. The molecule has 1 aromatic carbocycles. The fourth-order valence-corrected chi connectivity index (χ4v) is 1.93. The first-order chi connectivity index (χ1) is 7.72. The molecule has 0 bridgehead atoms. The Bertz CT molecular complexity index is 382. The number of anilines is 1. The maximum absolute atomic E-state index is 8.77. The summed E-state index contributed by atoms with van der Waals surface area (Å²) < 4.78 is 0. The zero-order chi connectivity index (χ0) is 12.0. The summed E-state index contributed by atoms with van der Waals surface area (Å²) in [5.41, 5.74) is 1.64. The Morgan fingerprint density at radius 2 is 2.12 bits per heavy atom. The minimum atomic E-state index is 0.611. The zero-order valence-electron chi connectivity index (χ0n) is 9.83. The van der Waals surface area contributed by atoms with Crippen molar-refractivity contribution in [1.29, 1.82) is 5.26 Å². The van der Waals surface area contributed by atoms with E-state index in [1.807, 2.05) is 12.1 Å². The molecular formula is C13H17ClN2. The van der Waals surface area contributed by atoms with Gasteiger partial charge in [0.15, 0.2) is 0 Å². The van der Waals surface area contributed by atoms with Gasteiger partial charge in [-0.1, -0.05) is 24.9 Å². The number of nitriles is 1. The maximum atomic E-state index is 8.77. The summed E-state index contributed by atoms with van der Waals surface area (Å²) in [7, 11) is 0. The molecule has 2 nitrogen and oxygen atoms in total. The molecule has 0 radical (unpaired) electrons. The van der Waals surface area contributed by atoms with Crippen LogP contribution in [0.3, 0.4) is 0 Å². The van der Waals surface area contributed by atoms with Gasteiger partial charge in [0.25, 0.3) is 0 Å². The largest absolute Gasteiger partial charge is 0.371 e. The van der Waals surface area contributed by atoms with E-state index < -0.39 is 0 Å². The van der Waals surface area contributed by atoms with Crippen LogP contribution < -0.4 is 4.90 Å². The van der Waals surface area contributed by atoms with Crippen LogP contribution in [0.25, 0.3) is 0 Å². The van der Waals surface area contributed by atoms with Gasteiger partial charge in [-0.3, -0.25) is 0 Å². The molecule has 0 aromatic heterocycles. The van der Waals surface area contributed by atoms with Crippen molar-refractivity contribution in [3.05, 3.63) is 28.8 Å². The maximum Gasteiger partial charge on any atom is 0.0992 e. The Labute approximate surface area is 102 Å². The van der Waals surface area contributed by atoms with Crippen molar-refractivity contribution in [2.24, 2.45) is 0 Å². The number of unbranched alkanes of at least 4 members (excludes halogenated alkanes) is 1. The molecule has 86 valence electrons. The number of halogens is 1. The number of nitrogens with zero attached hydrogens (tertiary/aromatic N) is 2. The number of benzene rings is 1. The van der Waals surface area contributed by atoms with Crippen molar-refractivity contribution in [2.45, 2.75) is 26.7 Å². The molecule has 1 aromatic rings. The third-order valence-corrected chi connectivity index (χ3v) is 2.88. The van der Waals surface area contributed by atoms with Gasteiger partial charge in [-0.05, 0) is 31.5 Å². The molecule has 0 N–H and O–H groups in total. The smallest absolute Gasteiger partial charge is 0.0992 e. The third-order valence-electron chi connectivity index (χ3n) is 2.58. The highest BCUT2D eigenvalue weighted by molar-refractivity contribution is 6.33. The molecule has 0 unspecified atom stereocenters. The van der Waals surface area contributed by atoms with Crippen LogP contribution in [0.2, 0.25) is 5.02 Å². The molecule has 0 atom stereocenters. The fourth-order valence-electron chi connectivity index (χ4n) is 1.63. The molecule has 0 saturated heterocycles. The second-order valence-electron chi connectivity index (χ2n) is 3.71. The summed E-state index contributed by atoms with van der Waals surface area (Å²) in [4.78, 5) is 2.24. The minimum Gasteiger partial charge on any atom is -0.371 e. The van der Waals surface area contributed by atoms with Crippen LogP contribution in [0.15, 0.2) is 18.2 Å². The van der Waals surface area contributed by atoms with E-state index in [9.17, 15) is 0 Å². The van der Waals surface area contributed by atoms with Crippen LogP contribution in [-0.4, -0.2) is 13.1 Å². The molecule has 3 heteroatoms. The molecular weight excluding hydrogens is 220 g/mol. The molecule has 0 aliphatic heterocycles. The molecule has 0 saturated carbocycles. The first-order valence-corrected chi connectivity index (χ1v) is 6.05. The zero-order valence-corrected chi connectivity index (χ0v) is 10.6. The SMILES string of the molecule is CCCCN(CC)c1ccc(C#N)cc1Cl. The van der Waals surface area contributed by atoms with Gasteiger partial charge < -0.3 is 4.90 Å². The molecule has 0 aliphatic rings. The van der Waals surface area contributed by atoms with Gasteiger partial charge >= 0.3 is 0 Å². The summed E-state index contributed by atoms with van der Waals surface area (Å²) in [6.07, 6.45) is 2.33. The third kappa shape index (κ3) is 3.15. The Hall–Kier alpha value is -1.20. The molecule has 1 rings (SSSR count). The average Bonchev–Trinajstić information content (AvgIpc) is 2.31. The molecule has 0 fully saturated rings. The summed E-state index contributed by atoms with van der Waals surface area (Å²) in [6.45, 7) is 6.24. The fraction of sp³-hybridized carbons (Fsp3) is 0.462. The van der Waals surface area contributed by atoms with Gasteiger partial charge in [0.2, 0.25) is 0 Å². The quantitative estimate of drug-likeness (QED) is 0.777. The first-order valence-electron chi connectivity index (χ1n) is 5.67. The van der Waals surface area contributed by atoms with Crippen molar-refractivity contribution >= 4 is 17.3 Å². The lowest BCUT2D eigenvalue weighted by atomic mass is 10.2. The molecule has 16 heavy (non-hydrogen) atoms. The summed E-state index contributed by atoms with van der Waals surface area (Å²) in [6, 6.07) is 7.57. The lowest BCUT2D eigenvalue weighted by molar-refractivity contribution is 0.732. The number of rotatable bonds is 5. The predicted octanol–water partition coefficient (Wildman–Crippen LogP) is 3.84. The van der Waals surface area contributed by atoms with Gasteiger partial charge in [0.1, 0.15) is 0 Å². The van der Waals surface area contributed by atoms with Crippen molar-refractivity contribution in [1.82, 2.24) is 0 Å². The van der Waals surface area contributed by atoms with Crippen molar-refractivity contribution in [3.8, 4) is 6.07 Å². The number of hydrogen-bond acceptors (Lipinski definition) is 2. The standard InChI is InChI=1S/C13H17ClN2/c1-3-5-8-16(4-2)13-7-6-11(10-15)9-12(13)14/h6-7,9H,3-5,8H2,1-2H3. The number of hydrogen-bond donors (Lipinski definition) is 0. The van der Waals surface area contributed by atoms with E-state index in [-0.39, 0.29) is 0 Å². The highest BCUT2D eigenvalue weighted by Crippen LogP contribution is 2.26. The Morgan fingerprint density at radius 3 is 2.62 bits per heavy atom. The Morgan fingerprint density at radius 1 is 1.38 bits per heavy atom.